The highest BCUT2D eigenvalue weighted by Crippen LogP contribution is 2.31. The molecule has 0 unspecified atom stereocenters. The molecule has 0 aliphatic carbocycles. The first-order valence-corrected chi connectivity index (χ1v) is 10.9. The first-order chi connectivity index (χ1) is 15.5. The quantitative estimate of drug-likeness (QED) is 0.524. The summed E-state index contributed by atoms with van der Waals surface area (Å²) in [5.74, 6) is -1.68. The Kier molecular flexibility index (Phi) is 7.24. The first-order valence-electron chi connectivity index (χ1n) is 10.9. The van der Waals surface area contributed by atoms with Crippen LogP contribution in [0.3, 0.4) is 0 Å². The monoisotopic (exact) mass is 464 g/mol. The zero-order chi connectivity index (χ0) is 24.3. The van der Waals surface area contributed by atoms with E-state index in [1.165, 1.54) is 21.7 Å². The van der Waals surface area contributed by atoms with Crippen LogP contribution in [0.4, 0.5) is 13.2 Å². The number of alkyl halides is 3. The number of ketones is 1. The molecule has 10 heteroatoms. The van der Waals surface area contributed by atoms with Gasteiger partial charge in [0.15, 0.2) is 0 Å². The second-order valence-corrected chi connectivity index (χ2v) is 8.19. The number of Topliss-reactive ketones (excluding diaryl/α,β-unsaturated/α-hetero) is 1. The summed E-state index contributed by atoms with van der Waals surface area (Å²) in [5, 5.41) is 7.07. The maximum atomic E-state index is 13.1. The van der Waals surface area contributed by atoms with Crippen molar-refractivity contribution in [1.82, 2.24) is 20.0 Å². The molecule has 1 saturated heterocycles. The molecule has 2 heterocycles. The number of halogens is 3. The second-order valence-electron chi connectivity index (χ2n) is 8.19. The van der Waals surface area contributed by atoms with Gasteiger partial charge in [-0.2, -0.15) is 18.3 Å². The van der Waals surface area contributed by atoms with E-state index in [4.69, 9.17) is 0 Å². The summed E-state index contributed by atoms with van der Waals surface area (Å²) in [6, 6.07) is 4.63. The molecule has 0 bridgehead atoms. The minimum absolute atomic E-state index is 0.0377. The Bertz CT molecular complexity index is 1050. The number of hydrogen-bond acceptors (Lipinski definition) is 4. The van der Waals surface area contributed by atoms with Gasteiger partial charge in [-0.05, 0) is 51.3 Å². The fourth-order valence-electron chi connectivity index (χ4n) is 4.02. The van der Waals surface area contributed by atoms with Gasteiger partial charge in [-0.1, -0.05) is 13.0 Å². The van der Waals surface area contributed by atoms with Gasteiger partial charge in [0, 0.05) is 25.6 Å². The minimum atomic E-state index is -4.51. The molecule has 1 aromatic carbocycles. The maximum Gasteiger partial charge on any atom is 0.416 e. The Morgan fingerprint density at radius 2 is 1.82 bits per heavy atom. The number of likely N-dealkylation sites (tertiary alicyclic amines) is 1. The summed E-state index contributed by atoms with van der Waals surface area (Å²) >= 11 is 0. The van der Waals surface area contributed by atoms with Crippen LogP contribution in [-0.2, 0) is 15.8 Å². The largest absolute Gasteiger partial charge is 0.416 e. The lowest BCUT2D eigenvalue weighted by Gasteiger charge is -2.30. The van der Waals surface area contributed by atoms with Crippen LogP contribution in [0.25, 0.3) is 5.69 Å². The molecule has 7 nitrogen and oxygen atoms in total. The van der Waals surface area contributed by atoms with Crippen LogP contribution < -0.4 is 5.32 Å². The maximum absolute atomic E-state index is 13.1. The number of aryl methyl sites for hydroxylation is 1. The average molecular weight is 464 g/mol. The molecule has 1 N–H and O–H groups in total. The Labute approximate surface area is 189 Å². The van der Waals surface area contributed by atoms with Crippen LogP contribution in [0, 0.1) is 19.8 Å². The zero-order valence-corrected chi connectivity index (χ0v) is 18.8. The van der Waals surface area contributed by atoms with E-state index in [1.54, 1.807) is 13.8 Å². The van der Waals surface area contributed by atoms with Crippen molar-refractivity contribution in [3.8, 4) is 5.69 Å². The highest BCUT2D eigenvalue weighted by molar-refractivity contribution is 6.43. The van der Waals surface area contributed by atoms with E-state index in [1.807, 2.05) is 6.92 Å². The van der Waals surface area contributed by atoms with Crippen molar-refractivity contribution < 1.29 is 27.6 Å². The smallest absolute Gasteiger partial charge is 0.356 e. The summed E-state index contributed by atoms with van der Waals surface area (Å²) < 4.78 is 40.5. The van der Waals surface area contributed by atoms with Gasteiger partial charge in [0.05, 0.1) is 28.2 Å². The van der Waals surface area contributed by atoms with Crippen LogP contribution in [-0.4, -0.2) is 51.9 Å². The van der Waals surface area contributed by atoms with Gasteiger partial charge in [0.25, 0.3) is 11.7 Å². The van der Waals surface area contributed by atoms with Crippen molar-refractivity contribution in [3.05, 3.63) is 46.8 Å². The zero-order valence-electron chi connectivity index (χ0n) is 18.8. The van der Waals surface area contributed by atoms with E-state index in [-0.39, 0.29) is 41.9 Å². The summed E-state index contributed by atoms with van der Waals surface area (Å²) in [5.41, 5.74) is -0.0468. The summed E-state index contributed by atoms with van der Waals surface area (Å²) in [6.07, 6.45) is -2.74. The average Bonchev–Trinajstić information content (AvgIpc) is 3.09. The topological polar surface area (TPSA) is 84.3 Å². The second kappa shape index (κ2) is 9.76. The van der Waals surface area contributed by atoms with Gasteiger partial charge < -0.3 is 10.2 Å². The molecule has 2 aromatic rings. The van der Waals surface area contributed by atoms with Crippen molar-refractivity contribution >= 4 is 17.6 Å². The van der Waals surface area contributed by atoms with Gasteiger partial charge in [0.2, 0.25) is 5.91 Å². The normalized spacial score (nSPS) is 14.9. The number of piperidine rings is 1. The molecule has 178 valence electrons. The predicted molar refractivity (Wildman–Crippen MR) is 115 cm³/mol. The first kappa shape index (κ1) is 24.5. The van der Waals surface area contributed by atoms with Crippen LogP contribution in [0.5, 0.6) is 0 Å². The van der Waals surface area contributed by atoms with E-state index in [0.29, 0.717) is 25.1 Å². The molecule has 0 atom stereocenters. The number of carbonyl (C=O) groups is 3. The van der Waals surface area contributed by atoms with E-state index in [9.17, 15) is 27.6 Å². The van der Waals surface area contributed by atoms with E-state index >= 15 is 0 Å². The Morgan fingerprint density at radius 1 is 1.15 bits per heavy atom. The number of nitrogens with zero attached hydrogens (tertiary/aromatic N) is 3. The molecule has 0 radical (unpaired) electrons. The molecule has 2 amide bonds. The molecule has 1 aliphatic rings. The van der Waals surface area contributed by atoms with Gasteiger partial charge in [-0.25, -0.2) is 4.68 Å². The fraction of sp³-hybridized carbons (Fsp3) is 0.478. The van der Waals surface area contributed by atoms with Crippen molar-refractivity contribution in [1.29, 1.82) is 0 Å². The van der Waals surface area contributed by atoms with Crippen LogP contribution in [0.1, 0.15) is 53.5 Å². The van der Waals surface area contributed by atoms with Crippen LogP contribution >= 0.6 is 0 Å². The third-order valence-corrected chi connectivity index (χ3v) is 5.83. The van der Waals surface area contributed by atoms with Gasteiger partial charge in [0.1, 0.15) is 0 Å². The number of hydrogen-bond donors (Lipinski definition) is 1. The number of carbonyl (C=O) groups excluding carboxylic acids is 3. The Hall–Kier alpha value is -3.17. The third kappa shape index (κ3) is 5.26. The minimum Gasteiger partial charge on any atom is -0.356 e. The van der Waals surface area contributed by atoms with E-state index in [2.05, 4.69) is 10.4 Å². The molecule has 0 saturated carbocycles. The molecule has 1 aromatic heterocycles. The van der Waals surface area contributed by atoms with E-state index in [0.717, 1.165) is 18.6 Å². The van der Waals surface area contributed by atoms with Gasteiger partial charge >= 0.3 is 6.18 Å². The Morgan fingerprint density at radius 3 is 2.42 bits per heavy atom. The lowest BCUT2D eigenvalue weighted by molar-refractivity contribution is -0.137. The lowest BCUT2D eigenvalue weighted by atomic mass is 9.95. The standard InChI is InChI=1S/C23H27F3N4O3/c1-4-10-27-21(32)16-8-11-29(12-9-16)22(33)20(31)19-14(2)28-30(15(19)3)18-7-5-6-17(13-18)23(24,25)26/h5-7,13,16H,4,8-12H2,1-3H3,(H,27,32). The van der Waals surface area contributed by atoms with Crippen LogP contribution in [0.2, 0.25) is 0 Å². The van der Waals surface area contributed by atoms with Crippen molar-refractivity contribution in [3.63, 3.8) is 0 Å². The fourth-order valence-corrected chi connectivity index (χ4v) is 4.02. The van der Waals surface area contributed by atoms with E-state index < -0.39 is 23.4 Å². The predicted octanol–water partition coefficient (Wildman–Crippen LogP) is 3.46. The highest BCUT2D eigenvalue weighted by atomic mass is 19.4. The SMILES string of the molecule is CCCNC(=O)C1CCN(C(=O)C(=O)c2c(C)nn(-c3cccc(C(F)(F)F)c3)c2C)CC1. The van der Waals surface area contributed by atoms with Crippen molar-refractivity contribution in [2.45, 2.75) is 46.2 Å². The number of nitrogens with one attached hydrogen (secondary N) is 1. The van der Waals surface area contributed by atoms with Gasteiger partial charge in [-0.3, -0.25) is 14.4 Å². The molecule has 1 fully saturated rings. The molecule has 0 spiro atoms. The Balaban J connectivity index is 1.76. The number of aromatic nitrogens is 2. The summed E-state index contributed by atoms with van der Waals surface area (Å²) in [7, 11) is 0. The van der Waals surface area contributed by atoms with Gasteiger partial charge in [-0.15, -0.1) is 0 Å². The number of rotatable bonds is 6. The highest BCUT2D eigenvalue weighted by Gasteiger charge is 2.34. The van der Waals surface area contributed by atoms with Crippen LogP contribution in [0.15, 0.2) is 24.3 Å². The lowest BCUT2D eigenvalue weighted by Crippen LogP contribution is -2.45. The van der Waals surface area contributed by atoms with Crippen molar-refractivity contribution in [2.75, 3.05) is 19.6 Å². The molecule has 1 aliphatic heterocycles. The number of amides is 2. The molecule has 33 heavy (non-hydrogen) atoms. The molecular weight excluding hydrogens is 437 g/mol. The van der Waals surface area contributed by atoms with Crippen molar-refractivity contribution in [2.24, 2.45) is 5.92 Å². The number of benzene rings is 1. The summed E-state index contributed by atoms with van der Waals surface area (Å²) in [4.78, 5) is 39.4. The summed E-state index contributed by atoms with van der Waals surface area (Å²) in [6.45, 7) is 6.23. The third-order valence-electron chi connectivity index (χ3n) is 5.83. The molecular formula is C23H27F3N4O3. The molecule has 3 rings (SSSR count).